The maximum Gasteiger partial charge on any atom is 0.194 e. The molecule has 104 valence electrons. The second-order valence-electron chi connectivity index (χ2n) is 4.02. The molecule has 0 fully saturated rings. The summed E-state index contributed by atoms with van der Waals surface area (Å²) in [5.41, 5.74) is 1.06. The van der Waals surface area contributed by atoms with Gasteiger partial charge >= 0.3 is 0 Å². The Morgan fingerprint density at radius 3 is 2.15 bits per heavy atom. The SMILES string of the molecule is COc1cc(Br)c(C(=O)c2ccc(Cl)cc2)cc1OC. The van der Waals surface area contributed by atoms with Crippen LogP contribution in [0.1, 0.15) is 15.9 Å². The van der Waals surface area contributed by atoms with Gasteiger partial charge in [-0.05, 0) is 52.3 Å². The molecule has 0 radical (unpaired) electrons. The molecule has 2 aromatic rings. The van der Waals surface area contributed by atoms with E-state index in [9.17, 15) is 4.79 Å². The van der Waals surface area contributed by atoms with Crippen LogP contribution in [0.2, 0.25) is 5.02 Å². The number of ketones is 1. The number of rotatable bonds is 4. The molecule has 0 heterocycles. The van der Waals surface area contributed by atoms with Gasteiger partial charge in [-0.25, -0.2) is 0 Å². The van der Waals surface area contributed by atoms with Gasteiger partial charge in [-0.3, -0.25) is 4.79 Å². The van der Waals surface area contributed by atoms with Gasteiger partial charge in [-0.1, -0.05) is 11.6 Å². The molecule has 0 atom stereocenters. The van der Waals surface area contributed by atoms with Gasteiger partial charge in [0.15, 0.2) is 17.3 Å². The highest BCUT2D eigenvalue weighted by Gasteiger charge is 2.17. The zero-order valence-corrected chi connectivity index (χ0v) is 13.3. The molecule has 0 amide bonds. The maximum absolute atomic E-state index is 12.5. The number of ether oxygens (including phenoxy) is 2. The fourth-order valence-electron chi connectivity index (χ4n) is 1.78. The summed E-state index contributed by atoms with van der Waals surface area (Å²) in [5, 5.41) is 0.591. The molecule has 0 spiro atoms. The molecule has 3 nitrogen and oxygen atoms in total. The third-order valence-electron chi connectivity index (χ3n) is 2.82. The van der Waals surface area contributed by atoms with Crippen molar-refractivity contribution >= 4 is 33.3 Å². The van der Waals surface area contributed by atoms with E-state index in [-0.39, 0.29) is 5.78 Å². The van der Waals surface area contributed by atoms with Gasteiger partial charge < -0.3 is 9.47 Å². The molecule has 2 aromatic carbocycles. The fourth-order valence-corrected chi connectivity index (χ4v) is 2.41. The lowest BCUT2D eigenvalue weighted by Gasteiger charge is -2.11. The summed E-state index contributed by atoms with van der Waals surface area (Å²) in [4.78, 5) is 12.5. The minimum atomic E-state index is -0.116. The summed E-state index contributed by atoms with van der Waals surface area (Å²) in [6, 6.07) is 10.1. The first-order valence-corrected chi connectivity index (χ1v) is 6.95. The normalized spacial score (nSPS) is 10.2. The Morgan fingerprint density at radius 2 is 1.60 bits per heavy atom. The summed E-state index contributed by atoms with van der Waals surface area (Å²) >= 11 is 9.20. The minimum absolute atomic E-state index is 0.116. The second-order valence-corrected chi connectivity index (χ2v) is 5.31. The smallest absolute Gasteiger partial charge is 0.194 e. The van der Waals surface area contributed by atoms with Gasteiger partial charge in [0.1, 0.15) is 0 Å². The van der Waals surface area contributed by atoms with Crippen molar-refractivity contribution in [2.24, 2.45) is 0 Å². The van der Waals surface area contributed by atoms with E-state index in [1.807, 2.05) is 0 Å². The lowest BCUT2D eigenvalue weighted by Crippen LogP contribution is -2.03. The first-order chi connectivity index (χ1) is 9.56. The number of benzene rings is 2. The van der Waals surface area contributed by atoms with Gasteiger partial charge in [0.2, 0.25) is 0 Å². The molecular weight excluding hydrogens is 344 g/mol. The number of carbonyl (C=O) groups excluding carboxylic acids is 1. The number of carbonyl (C=O) groups is 1. The number of halogens is 2. The van der Waals surface area contributed by atoms with Crippen LogP contribution >= 0.6 is 27.5 Å². The van der Waals surface area contributed by atoms with Gasteiger partial charge in [0.05, 0.1) is 14.2 Å². The maximum atomic E-state index is 12.5. The van der Waals surface area contributed by atoms with E-state index in [1.54, 1.807) is 43.5 Å². The second kappa shape index (κ2) is 6.29. The third kappa shape index (κ3) is 2.97. The van der Waals surface area contributed by atoms with E-state index >= 15 is 0 Å². The molecule has 0 unspecified atom stereocenters. The van der Waals surface area contributed by atoms with Crippen molar-refractivity contribution in [3.8, 4) is 11.5 Å². The molecule has 20 heavy (non-hydrogen) atoms. The first kappa shape index (κ1) is 14.9. The van der Waals surface area contributed by atoms with Crippen LogP contribution < -0.4 is 9.47 Å². The minimum Gasteiger partial charge on any atom is -0.493 e. The fraction of sp³-hybridized carbons (Fsp3) is 0.133. The Hall–Kier alpha value is -1.52. The highest BCUT2D eigenvalue weighted by molar-refractivity contribution is 9.10. The molecule has 0 bridgehead atoms. The third-order valence-corrected chi connectivity index (χ3v) is 3.73. The molecule has 0 aliphatic heterocycles. The highest BCUT2D eigenvalue weighted by atomic mass is 79.9. The Bertz CT molecular complexity index is 638. The standard InChI is InChI=1S/C15H12BrClO3/c1-19-13-7-11(12(16)8-14(13)20-2)15(18)9-3-5-10(17)6-4-9/h3-8H,1-2H3. The van der Waals surface area contributed by atoms with E-state index in [0.717, 1.165) is 0 Å². The monoisotopic (exact) mass is 354 g/mol. The Morgan fingerprint density at radius 1 is 1.05 bits per heavy atom. The Balaban J connectivity index is 2.46. The van der Waals surface area contributed by atoms with Crippen molar-refractivity contribution in [1.82, 2.24) is 0 Å². The predicted octanol–water partition coefficient (Wildman–Crippen LogP) is 4.35. The molecule has 0 aromatic heterocycles. The van der Waals surface area contributed by atoms with Crippen LogP contribution in [0.4, 0.5) is 0 Å². The van der Waals surface area contributed by atoms with E-state index in [2.05, 4.69) is 15.9 Å². The van der Waals surface area contributed by atoms with E-state index in [4.69, 9.17) is 21.1 Å². The van der Waals surface area contributed by atoms with Crippen molar-refractivity contribution in [3.63, 3.8) is 0 Å². The van der Waals surface area contributed by atoms with Crippen molar-refractivity contribution in [3.05, 3.63) is 57.0 Å². The number of hydrogen-bond donors (Lipinski definition) is 0. The zero-order valence-electron chi connectivity index (χ0n) is 10.9. The van der Waals surface area contributed by atoms with E-state index in [0.29, 0.717) is 32.1 Å². The van der Waals surface area contributed by atoms with Gasteiger partial charge in [0, 0.05) is 20.6 Å². The average Bonchev–Trinajstić information content (AvgIpc) is 2.47. The summed E-state index contributed by atoms with van der Waals surface area (Å²) in [5.74, 6) is 0.953. The van der Waals surface area contributed by atoms with Gasteiger partial charge in [0.25, 0.3) is 0 Å². The average molecular weight is 356 g/mol. The van der Waals surface area contributed by atoms with Crippen molar-refractivity contribution in [1.29, 1.82) is 0 Å². The molecule has 0 saturated heterocycles. The summed E-state index contributed by atoms with van der Waals surface area (Å²) in [6.07, 6.45) is 0. The van der Waals surface area contributed by atoms with Crippen LogP contribution in [-0.4, -0.2) is 20.0 Å². The van der Waals surface area contributed by atoms with Crippen molar-refractivity contribution < 1.29 is 14.3 Å². The highest BCUT2D eigenvalue weighted by Crippen LogP contribution is 2.34. The topological polar surface area (TPSA) is 35.5 Å². The largest absolute Gasteiger partial charge is 0.493 e. The summed E-state index contributed by atoms with van der Waals surface area (Å²) in [7, 11) is 3.08. The Kier molecular flexibility index (Phi) is 4.68. The van der Waals surface area contributed by atoms with Crippen LogP contribution in [0.3, 0.4) is 0 Å². The Labute approximate surface area is 130 Å². The molecule has 0 aliphatic carbocycles. The zero-order chi connectivity index (χ0) is 14.7. The molecule has 0 aliphatic rings. The van der Waals surface area contributed by atoms with Crippen LogP contribution in [0.25, 0.3) is 0 Å². The lowest BCUT2D eigenvalue weighted by atomic mass is 10.0. The predicted molar refractivity (Wildman–Crippen MR) is 82.1 cm³/mol. The molecule has 5 heteroatoms. The van der Waals surface area contributed by atoms with Crippen LogP contribution in [0.5, 0.6) is 11.5 Å². The molecule has 2 rings (SSSR count). The van der Waals surface area contributed by atoms with Gasteiger partial charge in [-0.2, -0.15) is 0 Å². The molecule has 0 saturated carbocycles. The van der Waals surface area contributed by atoms with E-state index < -0.39 is 0 Å². The first-order valence-electron chi connectivity index (χ1n) is 5.78. The molecule has 0 N–H and O–H groups in total. The quantitative estimate of drug-likeness (QED) is 0.765. The van der Waals surface area contributed by atoms with Crippen molar-refractivity contribution in [2.45, 2.75) is 0 Å². The van der Waals surface area contributed by atoms with E-state index in [1.165, 1.54) is 7.11 Å². The summed E-state index contributed by atoms with van der Waals surface area (Å²) in [6.45, 7) is 0. The van der Waals surface area contributed by atoms with Gasteiger partial charge in [-0.15, -0.1) is 0 Å². The van der Waals surface area contributed by atoms with Crippen molar-refractivity contribution in [2.75, 3.05) is 14.2 Å². The number of methoxy groups -OCH3 is 2. The number of hydrogen-bond acceptors (Lipinski definition) is 3. The summed E-state index contributed by atoms with van der Waals surface area (Å²) < 4.78 is 11.1. The van der Waals surface area contributed by atoms with Crippen LogP contribution in [0, 0.1) is 0 Å². The van der Waals surface area contributed by atoms with Crippen LogP contribution in [0.15, 0.2) is 40.9 Å². The lowest BCUT2D eigenvalue weighted by molar-refractivity contribution is 0.103. The molecular formula is C15H12BrClO3. The van der Waals surface area contributed by atoms with Crippen LogP contribution in [-0.2, 0) is 0 Å².